The fourth-order valence-corrected chi connectivity index (χ4v) is 1.94. The highest BCUT2D eigenvalue weighted by atomic mass is 35.5. The summed E-state index contributed by atoms with van der Waals surface area (Å²) in [5.74, 6) is -0.900. The number of carbonyl (C=O) groups excluding carboxylic acids is 3. The predicted molar refractivity (Wildman–Crippen MR) is 87.8 cm³/mol. The Kier molecular flexibility index (Phi) is 7.80. The molecule has 1 rings (SSSR count). The van der Waals surface area contributed by atoms with Crippen molar-refractivity contribution >= 4 is 46.8 Å². The average Bonchev–Trinajstić information content (AvgIpc) is 2.42. The lowest BCUT2D eigenvalue weighted by atomic mass is 10.3. The van der Waals surface area contributed by atoms with Crippen molar-refractivity contribution in [1.82, 2.24) is 10.2 Å². The van der Waals surface area contributed by atoms with E-state index in [0.29, 0.717) is 15.7 Å². The van der Waals surface area contributed by atoms with Crippen LogP contribution in [0.4, 0.5) is 10.5 Å². The van der Waals surface area contributed by atoms with Crippen molar-refractivity contribution in [3.05, 3.63) is 28.2 Å². The van der Waals surface area contributed by atoms with Gasteiger partial charge in [-0.05, 0) is 32.2 Å². The minimum Gasteiger partial charge on any atom is -0.450 e. The van der Waals surface area contributed by atoms with Crippen molar-refractivity contribution in [1.29, 1.82) is 0 Å². The summed E-state index contributed by atoms with van der Waals surface area (Å²) in [5.41, 5.74) is 0.494. The molecule has 0 aliphatic rings. The number of carbonyl (C=O) groups is 3. The number of amides is 3. The van der Waals surface area contributed by atoms with Gasteiger partial charge in [0.1, 0.15) is 0 Å². The Morgan fingerprint density at radius 3 is 2.39 bits per heavy atom. The van der Waals surface area contributed by atoms with Crippen LogP contribution in [-0.2, 0) is 14.3 Å². The summed E-state index contributed by atoms with van der Waals surface area (Å²) in [4.78, 5) is 35.9. The van der Waals surface area contributed by atoms with Gasteiger partial charge in [0.25, 0.3) is 0 Å². The van der Waals surface area contributed by atoms with E-state index >= 15 is 0 Å². The fourth-order valence-electron chi connectivity index (χ4n) is 1.64. The van der Waals surface area contributed by atoms with E-state index in [1.54, 1.807) is 26.1 Å². The lowest BCUT2D eigenvalue weighted by molar-refractivity contribution is -0.122. The highest BCUT2D eigenvalue weighted by molar-refractivity contribution is 6.42. The van der Waals surface area contributed by atoms with Gasteiger partial charge in [-0.25, -0.2) is 4.79 Å². The van der Waals surface area contributed by atoms with Crippen molar-refractivity contribution < 1.29 is 19.1 Å². The molecule has 3 amide bonds. The zero-order chi connectivity index (χ0) is 17.4. The zero-order valence-corrected chi connectivity index (χ0v) is 14.2. The Balaban J connectivity index is 2.42. The van der Waals surface area contributed by atoms with Crippen LogP contribution >= 0.6 is 23.2 Å². The molecule has 0 spiro atoms. The molecule has 0 aliphatic carbocycles. The maximum absolute atomic E-state index is 11.9. The Morgan fingerprint density at radius 1 is 1.13 bits per heavy atom. The quantitative estimate of drug-likeness (QED) is 0.810. The Morgan fingerprint density at radius 2 is 1.78 bits per heavy atom. The molecule has 1 aromatic rings. The van der Waals surface area contributed by atoms with Gasteiger partial charge in [-0.1, -0.05) is 23.2 Å². The monoisotopic (exact) mass is 361 g/mol. The Bertz CT molecular complexity index is 595. The van der Waals surface area contributed by atoms with E-state index in [1.165, 1.54) is 11.0 Å². The third-order valence-electron chi connectivity index (χ3n) is 2.55. The molecule has 0 aliphatic heterocycles. The number of hydrogen-bond acceptors (Lipinski definition) is 5. The first-order chi connectivity index (χ1) is 10.8. The summed E-state index contributed by atoms with van der Waals surface area (Å²) >= 11 is 11.6. The zero-order valence-electron chi connectivity index (χ0n) is 12.7. The smallest absolute Gasteiger partial charge is 0.413 e. The topological polar surface area (TPSA) is 87.7 Å². The van der Waals surface area contributed by atoms with Crippen LogP contribution in [0, 0.1) is 0 Å². The molecule has 1 aromatic carbocycles. The SMILES string of the molecule is CCOC(=O)NC(=O)CN(C)CC(=O)Nc1ccc(Cl)c(Cl)c1. The Hall–Kier alpha value is -1.83. The standard InChI is InChI=1S/C14H17Cl2N3O4/c1-3-23-14(22)18-13(21)8-19(2)7-12(20)17-9-4-5-10(15)11(16)6-9/h4-6H,3,7-8H2,1-2H3,(H,17,20)(H,18,21,22). The van der Waals surface area contributed by atoms with Crippen LogP contribution in [0.25, 0.3) is 0 Å². The van der Waals surface area contributed by atoms with E-state index in [0.717, 1.165) is 0 Å². The van der Waals surface area contributed by atoms with Crippen LogP contribution in [-0.4, -0.2) is 49.6 Å². The molecular formula is C14H17Cl2N3O4. The number of halogens is 2. The summed E-state index contributed by atoms with van der Waals surface area (Å²) in [5, 5.41) is 5.38. The van der Waals surface area contributed by atoms with Crippen molar-refractivity contribution in [2.45, 2.75) is 6.92 Å². The summed E-state index contributed by atoms with van der Waals surface area (Å²) in [6, 6.07) is 4.70. The molecule has 0 fully saturated rings. The van der Waals surface area contributed by atoms with Gasteiger partial charge >= 0.3 is 6.09 Å². The van der Waals surface area contributed by atoms with Gasteiger partial charge in [-0.2, -0.15) is 0 Å². The molecule has 0 aromatic heterocycles. The van der Waals surface area contributed by atoms with Crippen molar-refractivity contribution in [3.8, 4) is 0 Å². The number of nitrogens with zero attached hydrogens (tertiary/aromatic N) is 1. The molecule has 23 heavy (non-hydrogen) atoms. The van der Waals surface area contributed by atoms with Crippen LogP contribution in [0.3, 0.4) is 0 Å². The molecule has 7 nitrogen and oxygen atoms in total. The van der Waals surface area contributed by atoms with E-state index < -0.39 is 12.0 Å². The normalized spacial score (nSPS) is 10.3. The van der Waals surface area contributed by atoms with Gasteiger partial charge in [0, 0.05) is 5.69 Å². The molecule has 9 heteroatoms. The number of imide groups is 1. The number of likely N-dealkylation sites (N-methyl/N-ethyl adjacent to an activating group) is 1. The highest BCUT2D eigenvalue weighted by Gasteiger charge is 2.13. The summed E-state index contributed by atoms with van der Waals surface area (Å²) in [6.45, 7) is 1.62. The van der Waals surface area contributed by atoms with Gasteiger partial charge in [0.2, 0.25) is 11.8 Å². The number of nitrogens with one attached hydrogen (secondary N) is 2. The average molecular weight is 362 g/mol. The van der Waals surface area contributed by atoms with E-state index in [-0.39, 0.29) is 25.6 Å². The van der Waals surface area contributed by atoms with Gasteiger partial charge < -0.3 is 10.1 Å². The second-order valence-corrected chi connectivity index (χ2v) is 5.43. The van der Waals surface area contributed by atoms with E-state index in [2.05, 4.69) is 10.1 Å². The van der Waals surface area contributed by atoms with Crippen molar-refractivity contribution in [2.75, 3.05) is 32.1 Å². The van der Waals surface area contributed by atoms with Crippen molar-refractivity contribution in [3.63, 3.8) is 0 Å². The minimum absolute atomic E-state index is 0.0451. The van der Waals surface area contributed by atoms with E-state index in [4.69, 9.17) is 23.2 Å². The number of alkyl carbamates (subject to hydrolysis) is 1. The summed E-state index contributed by atoms with van der Waals surface area (Å²) < 4.78 is 4.58. The lowest BCUT2D eigenvalue weighted by Crippen LogP contribution is -2.41. The second kappa shape index (κ2) is 9.34. The van der Waals surface area contributed by atoms with Crippen LogP contribution in [0.15, 0.2) is 18.2 Å². The molecule has 0 atom stereocenters. The first-order valence-corrected chi connectivity index (χ1v) is 7.47. The largest absolute Gasteiger partial charge is 0.450 e. The fraction of sp³-hybridized carbons (Fsp3) is 0.357. The number of hydrogen-bond donors (Lipinski definition) is 2. The molecule has 2 N–H and O–H groups in total. The van der Waals surface area contributed by atoms with E-state index in [1.807, 2.05) is 5.32 Å². The number of benzene rings is 1. The molecular weight excluding hydrogens is 345 g/mol. The first kappa shape index (κ1) is 19.2. The number of anilines is 1. The van der Waals surface area contributed by atoms with E-state index in [9.17, 15) is 14.4 Å². The molecule has 0 unspecified atom stereocenters. The van der Waals surface area contributed by atoms with Gasteiger partial charge in [0.05, 0.1) is 29.7 Å². The van der Waals surface area contributed by atoms with Gasteiger partial charge in [-0.15, -0.1) is 0 Å². The van der Waals surface area contributed by atoms with Crippen LogP contribution < -0.4 is 10.6 Å². The van der Waals surface area contributed by atoms with Crippen LogP contribution in [0.1, 0.15) is 6.92 Å². The highest BCUT2D eigenvalue weighted by Crippen LogP contribution is 2.24. The molecule has 0 radical (unpaired) electrons. The maximum Gasteiger partial charge on any atom is 0.413 e. The molecule has 126 valence electrons. The minimum atomic E-state index is -0.814. The maximum atomic E-state index is 11.9. The Labute approximate surface area is 143 Å². The summed E-state index contributed by atoms with van der Waals surface area (Å²) in [6.07, 6.45) is -0.814. The predicted octanol–water partition coefficient (Wildman–Crippen LogP) is 2.14. The van der Waals surface area contributed by atoms with Gasteiger partial charge in [-0.3, -0.25) is 19.8 Å². The van der Waals surface area contributed by atoms with Gasteiger partial charge in [0.15, 0.2) is 0 Å². The second-order valence-electron chi connectivity index (χ2n) is 4.62. The molecule has 0 saturated heterocycles. The molecule has 0 heterocycles. The first-order valence-electron chi connectivity index (χ1n) is 6.72. The van der Waals surface area contributed by atoms with Crippen LogP contribution in [0.2, 0.25) is 10.0 Å². The number of ether oxygens (including phenoxy) is 1. The molecule has 0 saturated carbocycles. The third-order valence-corrected chi connectivity index (χ3v) is 3.29. The lowest BCUT2D eigenvalue weighted by Gasteiger charge is -2.15. The molecule has 0 bridgehead atoms. The third kappa shape index (κ3) is 7.32. The van der Waals surface area contributed by atoms with Crippen LogP contribution in [0.5, 0.6) is 0 Å². The number of rotatable bonds is 6. The summed E-state index contributed by atoms with van der Waals surface area (Å²) in [7, 11) is 1.57. The van der Waals surface area contributed by atoms with Crippen molar-refractivity contribution in [2.24, 2.45) is 0 Å².